The molecule has 114 valence electrons. The van der Waals surface area contributed by atoms with Gasteiger partial charge in [-0.05, 0) is 32.0 Å². The number of hydrogen-bond acceptors (Lipinski definition) is 4. The molecule has 1 aromatic rings. The molecule has 0 unspecified atom stereocenters. The lowest BCUT2D eigenvalue weighted by Crippen LogP contribution is -2.44. The number of benzene rings is 1. The fraction of sp³-hybridized carbons (Fsp3) is 0.462. The lowest BCUT2D eigenvalue weighted by atomic mass is 10.0. The molecular formula is C13H15F2N3O3. The molecule has 0 bridgehead atoms. The summed E-state index contributed by atoms with van der Waals surface area (Å²) in [5.41, 5.74) is -1.64. The van der Waals surface area contributed by atoms with Crippen molar-refractivity contribution in [3.05, 3.63) is 39.4 Å². The van der Waals surface area contributed by atoms with Gasteiger partial charge in [-0.2, -0.15) is 4.39 Å². The average molecular weight is 299 g/mol. The highest BCUT2D eigenvalue weighted by Gasteiger charge is 2.29. The molecule has 1 fully saturated rings. The summed E-state index contributed by atoms with van der Waals surface area (Å²) >= 11 is 0. The van der Waals surface area contributed by atoms with Gasteiger partial charge >= 0.3 is 5.69 Å². The lowest BCUT2D eigenvalue weighted by Gasteiger charge is -2.31. The number of nitrogens with one attached hydrogen (secondary N) is 1. The fourth-order valence-corrected chi connectivity index (χ4v) is 2.41. The first-order valence-corrected chi connectivity index (χ1v) is 6.53. The van der Waals surface area contributed by atoms with E-state index in [0.717, 1.165) is 13.1 Å². The van der Waals surface area contributed by atoms with E-state index in [-0.39, 0.29) is 6.04 Å². The molecule has 0 saturated carbocycles. The van der Waals surface area contributed by atoms with Crippen molar-refractivity contribution in [2.24, 2.45) is 0 Å². The van der Waals surface area contributed by atoms with E-state index in [2.05, 4.69) is 5.32 Å². The van der Waals surface area contributed by atoms with Crippen molar-refractivity contribution in [2.75, 3.05) is 20.1 Å². The molecule has 21 heavy (non-hydrogen) atoms. The molecule has 8 heteroatoms. The molecule has 0 atom stereocenters. The van der Waals surface area contributed by atoms with Gasteiger partial charge in [-0.15, -0.1) is 0 Å². The van der Waals surface area contributed by atoms with Gasteiger partial charge in [0.25, 0.3) is 5.91 Å². The first-order valence-electron chi connectivity index (χ1n) is 6.53. The fourth-order valence-electron chi connectivity index (χ4n) is 2.41. The minimum absolute atomic E-state index is 0.0968. The number of nitro groups is 1. The predicted octanol–water partition coefficient (Wildman–Crippen LogP) is 1.70. The molecule has 0 aromatic heterocycles. The zero-order valence-electron chi connectivity index (χ0n) is 11.4. The minimum atomic E-state index is -1.30. The van der Waals surface area contributed by atoms with Gasteiger partial charge in [0.1, 0.15) is 5.82 Å². The van der Waals surface area contributed by atoms with Gasteiger partial charge in [0.05, 0.1) is 16.6 Å². The molecule has 2 rings (SSSR count). The standard InChI is InChI=1S/C13H15F2N3O3/c1-17(9-2-4-16-5-3-9)13(19)10-6-8(14)7-11(12(10)15)18(20)21/h6-7,9,16H,2-5H2,1H3. The van der Waals surface area contributed by atoms with Crippen LogP contribution < -0.4 is 5.32 Å². The van der Waals surface area contributed by atoms with Crippen molar-refractivity contribution in [2.45, 2.75) is 18.9 Å². The number of piperidine rings is 1. The minimum Gasteiger partial charge on any atom is -0.339 e. The summed E-state index contributed by atoms with van der Waals surface area (Å²) in [5.74, 6) is -3.06. The van der Waals surface area contributed by atoms with Gasteiger partial charge in [0, 0.05) is 13.1 Å². The van der Waals surface area contributed by atoms with Gasteiger partial charge < -0.3 is 10.2 Å². The molecule has 6 nitrogen and oxygen atoms in total. The highest BCUT2D eigenvalue weighted by molar-refractivity contribution is 5.95. The normalized spacial score (nSPS) is 15.8. The maximum Gasteiger partial charge on any atom is 0.308 e. The van der Waals surface area contributed by atoms with Gasteiger partial charge in [-0.3, -0.25) is 14.9 Å². The molecule has 1 aliphatic rings. The van der Waals surface area contributed by atoms with Crippen molar-refractivity contribution in [1.82, 2.24) is 10.2 Å². The maximum absolute atomic E-state index is 14.0. The summed E-state index contributed by atoms with van der Waals surface area (Å²) in [6, 6.07) is 1.07. The SMILES string of the molecule is CN(C(=O)c1cc(F)cc([N+](=O)[O-])c1F)C1CCNCC1. The maximum atomic E-state index is 14.0. The van der Waals surface area contributed by atoms with Crippen LogP contribution in [0, 0.1) is 21.7 Å². The van der Waals surface area contributed by atoms with Crippen LogP contribution in [0.15, 0.2) is 12.1 Å². The molecule has 1 saturated heterocycles. The number of nitro benzene ring substituents is 1. The molecular weight excluding hydrogens is 284 g/mol. The Hall–Kier alpha value is -2.09. The quantitative estimate of drug-likeness (QED) is 0.681. The Morgan fingerprint density at radius 2 is 2.00 bits per heavy atom. The number of carbonyl (C=O) groups is 1. The van der Waals surface area contributed by atoms with Gasteiger partial charge in [-0.1, -0.05) is 0 Å². The van der Waals surface area contributed by atoms with Crippen molar-refractivity contribution in [3.63, 3.8) is 0 Å². The molecule has 0 aliphatic carbocycles. The van der Waals surface area contributed by atoms with Crippen LogP contribution >= 0.6 is 0 Å². The second-order valence-corrected chi connectivity index (χ2v) is 4.94. The summed E-state index contributed by atoms with van der Waals surface area (Å²) in [6.45, 7) is 1.46. The van der Waals surface area contributed by atoms with E-state index in [0.29, 0.717) is 25.0 Å². The van der Waals surface area contributed by atoms with E-state index in [1.54, 1.807) is 0 Å². The first kappa shape index (κ1) is 15.3. The number of rotatable bonds is 3. The Morgan fingerprint density at radius 3 is 2.57 bits per heavy atom. The van der Waals surface area contributed by atoms with E-state index in [4.69, 9.17) is 0 Å². The molecule has 1 aliphatic heterocycles. The zero-order chi connectivity index (χ0) is 15.6. The van der Waals surface area contributed by atoms with Crippen LogP contribution in [-0.4, -0.2) is 41.9 Å². The highest BCUT2D eigenvalue weighted by atomic mass is 19.1. The molecule has 1 amide bonds. The number of carbonyl (C=O) groups excluding carboxylic acids is 1. The second-order valence-electron chi connectivity index (χ2n) is 4.94. The summed E-state index contributed by atoms with van der Waals surface area (Å²) in [6.07, 6.45) is 1.39. The Bertz CT molecular complexity index is 574. The second kappa shape index (κ2) is 6.13. The number of hydrogen-bond donors (Lipinski definition) is 1. The Morgan fingerprint density at radius 1 is 1.38 bits per heavy atom. The van der Waals surface area contributed by atoms with Crippen molar-refractivity contribution >= 4 is 11.6 Å². The summed E-state index contributed by atoms with van der Waals surface area (Å²) in [4.78, 5) is 23.2. The smallest absolute Gasteiger partial charge is 0.308 e. The predicted molar refractivity (Wildman–Crippen MR) is 71.0 cm³/mol. The van der Waals surface area contributed by atoms with Crippen LogP contribution in [0.3, 0.4) is 0 Å². The Kier molecular flexibility index (Phi) is 4.46. The van der Waals surface area contributed by atoms with E-state index >= 15 is 0 Å². The van der Waals surface area contributed by atoms with Crippen LogP contribution in [0.2, 0.25) is 0 Å². The number of halogens is 2. The molecule has 0 radical (unpaired) electrons. The molecule has 1 heterocycles. The third-order valence-electron chi connectivity index (χ3n) is 3.62. The molecule has 1 aromatic carbocycles. The number of amides is 1. The molecule has 0 spiro atoms. The number of nitrogens with zero attached hydrogens (tertiary/aromatic N) is 2. The lowest BCUT2D eigenvalue weighted by molar-refractivity contribution is -0.387. The monoisotopic (exact) mass is 299 g/mol. The van der Waals surface area contributed by atoms with E-state index in [1.165, 1.54) is 11.9 Å². The van der Waals surface area contributed by atoms with Crippen LogP contribution in [0.1, 0.15) is 23.2 Å². The van der Waals surface area contributed by atoms with Crippen molar-refractivity contribution < 1.29 is 18.5 Å². The van der Waals surface area contributed by atoms with Crippen LogP contribution in [0.5, 0.6) is 0 Å². The third-order valence-corrected chi connectivity index (χ3v) is 3.62. The van der Waals surface area contributed by atoms with Crippen LogP contribution in [0.25, 0.3) is 0 Å². The van der Waals surface area contributed by atoms with Crippen molar-refractivity contribution in [3.8, 4) is 0 Å². The summed E-state index contributed by atoms with van der Waals surface area (Å²) in [7, 11) is 1.49. The van der Waals surface area contributed by atoms with Crippen LogP contribution in [0.4, 0.5) is 14.5 Å². The Balaban J connectivity index is 2.32. The topological polar surface area (TPSA) is 75.5 Å². The Labute approximate surface area is 119 Å². The third kappa shape index (κ3) is 3.15. The van der Waals surface area contributed by atoms with E-state index in [1.807, 2.05) is 0 Å². The summed E-state index contributed by atoms with van der Waals surface area (Å²) < 4.78 is 27.4. The largest absolute Gasteiger partial charge is 0.339 e. The van der Waals surface area contributed by atoms with E-state index in [9.17, 15) is 23.7 Å². The van der Waals surface area contributed by atoms with E-state index < -0.39 is 33.7 Å². The van der Waals surface area contributed by atoms with Crippen LogP contribution in [-0.2, 0) is 0 Å². The van der Waals surface area contributed by atoms with Gasteiger partial charge in [0.2, 0.25) is 5.82 Å². The van der Waals surface area contributed by atoms with Gasteiger partial charge in [-0.25, -0.2) is 4.39 Å². The molecule has 1 N–H and O–H groups in total. The zero-order valence-corrected chi connectivity index (χ0v) is 11.4. The average Bonchev–Trinajstić information content (AvgIpc) is 2.48. The first-order chi connectivity index (χ1) is 9.91. The summed E-state index contributed by atoms with van der Waals surface area (Å²) in [5, 5.41) is 13.8. The van der Waals surface area contributed by atoms with Crippen molar-refractivity contribution in [1.29, 1.82) is 0 Å². The van der Waals surface area contributed by atoms with Gasteiger partial charge in [0.15, 0.2) is 0 Å². The highest BCUT2D eigenvalue weighted by Crippen LogP contribution is 2.24.